The fourth-order valence-corrected chi connectivity index (χ4v) is 10.8. The van der Waals surface area contributed by atoms with Crippen molar-refractivity contribution in [2.24, 2.45) is 5.92 Å². The van der Waals surface area contributed by atoms with E-state index in [1.165, 1.54) is 5.57 Å². The lowest BCUT2D eigenvalue weighted by atomic mass is 9.97. The van der Waals surface area contributed by atoms with Crippen molar-refractivity contribution in [1.29, 1.82) is 0 Å². The molecule has 3 atom stereocenters. The summed E-state index contributed by atoms with van der Waals surface area (Å²) in [5.74, 6) is 0.210. The average Bonchev–Trinajstić information content (AvgIpc) is 2.80. The molecule has 36 heavy (non-hydrogen) atoms. The fourth-order valence-electron chi connectivity index (χ4n) is 5.06. The van der Waals surface area contributed by atoms with Gasteiger partial charge in [0.15, 0.2) is 5.79 Å². The Hall–Kier alpha value is -0.433. The lowest BCUT2D eigenvalue weighted by molar-refractivity contribution is -0.191. The predicted octanol–water partition coefficient (Wildman–Crippen LogP) is 9.07. The molecule has 0 aromatic rings. The first kappa shape index (κ1) is 35.6. The molecule has 0 rings (SSSR count). The number of hydrogen-bond donors (Lipinski definition) is 0. The maximum Gasteiger partial charge on any atom is 0.201 e. The molecule has 0 aromatic heterocycles. The van der Waals surface area contributed by atoms with E-state index in [-0.39, 0.29) is 12.2 Å². The Balaban J connectivity index is 5.14. The Bertz CT molecular complexity index is 675. The second-order valence-corrected chi connectivity index (χ2v) is 17.3. The van der Waals surface area contributed by atoms with Crippen LogP contribution in [0.1, 0.15) is 89.0 Å². The number of rotatable bonds is 18. The van der Waals surface area contributed by atoms with Crippen molar-refractivity contribution in [3.8, 4) is 0 Å². The van der Waals surface area contributed by atoms with Gasteiger partial charge >= 0.3 is 0 Å². The Morgan fingerprint density at radius 3 is 1.92 bits per heavy atom. The van der Waals surface area contributed by atoms with Crippen LogP contribution in [0.15, 0.2) is 35.5 Å². The minimum Gasteiger partial charge on any atom is -0.409 e. The third-order valence-corrected chi connectivity index (χ3v) is 13.8. The Morgan fingerprint density at radius 2 is 1.47 bits per heavy atom. The highest BCUT2D eigenvalue weighted by atomic mass is 35.5. The molecule has 0 amide bonds. The molecule has 1 unspecified atom stereocenters. The largest absolute Gasteiger partial charge is 0.409 e. The van der Waals surface area contributed by atoms with Gasteiger partial charge in [0.25, 0.3) is 0 Å². The maximum absolute atomic E-state index is 6.91. The number of alkyl halides is 1. The van der Waals surface area contributed by atoms with Crippen LogP contribution in [0.25, 0.3) is 0 Å². The van der Waals surface area contributed by atoms with Gasteiger partial charge in [0.05, 0.1) is 24.7 Å². The van der Waals surface area contributed by atoms with E-state index in [0.717, 1.165) is 18.4 Å². The highest BCUT2D eigenvalue weighted by molar-refractivity contribution is 6.77. The number of methoxy groups -OCH3 is 2. The molecule has 0 N–H and O–H groups in total. The predicted molar refractivity (Wildman–Crippen MR) is 160 cm³/mol. The number of halogens is 1. The zero-order chi connectivity index (χ0) is 28.1. The molecule has 4 nitrogen and oxygen atoms in total. The van der Waals surface area contributed by atoms with E-state index >= 15 is 0 Å². The highest BCUT2D eigenvalue weighted by Gasteiger charge is 2.46. The molecule has 212 valence electrons. The molecule has 0 aromatic carbocycles. The summed E-state index contributed by atoms with van der Waals surface area (Å²) in [6, 6.07) is 0. The molecular weight excluding hydrogens is 488 g/mol. The molecule has 0 aliphatic heterocycles. The molecular formula is C30H57ClO4Si. The standard InChI is InChI=1S/C30H57ClO4Si/c1-22(2)36(23(3)4,24(5)6)35-28(20-31)19-25(7)17-18-29(32-12)27(9)16-14-15-26(8)21-34-30(10,11)33-13/h14-16,19,22-24,27-29H,17-18,20-21H2,1-13H3/b16-14+,25-19-,26-15+/t27-,28?,29-/m0/s1. The van der Waals surface area contributed by atoms with Crippen molar-refractivity contribution in [3.63, 3.8) is 0 Å². The van der Waals surface area contributed by atoms with Crippen molar-refractivity contribution in [1.82, 2.24) is 0 Å². The van der Waals surface area contributed by atoms with Crippen LogP contribution in [0.5, 0.6) is 0 Å². The first-order chi connectivity index (χ1) is 16.7. The fraction of sp³-hybridized carbons (Fsp3) is 0.800. The van der Waals surface area contributed by atoms with E-state index in [1.54, 1.807) is 14.2 Å². The lowest BCUT2D eigenvalue weighted by Crippen LogP contribution is -2.50. The molecule has 0 spiro atoms. The maximum atomic E-state index is 6.91. The van der Waals surface area contributed by atoms with Crippen LogP contribution in [0.4, 0.5) is 0 Å². The molecule has 6 heteroatoms. The summed E-state index contributed by atoms with van der Waals surface area (Å²) in [7, 11) is 1.48. The van der Waals surface area contributed by atoms with E-state index < -0.39 is 14.1 Å². The van der Waals surface area contributed by atoms with Gasteiger partial charge < -0.3 is 18.6 Å². The van der Waals surface area contributed by atoms with Crippen LogP contribution < -0.4 is 0 Å². The summed E-state index contributed by atoms with van der Waals surface area (Å²) in [6.07, 6.45) is 10.7. The first-order valence-corrected chi connectivity index (χ1v) is 16.3. The van der Waals surface area contributed by atoms with Crippen LogP contribution in [0.2, 0.25) is 16.6 Å². The quantitative estimate of drug-likeness (QED) is 0.0566. The molecule has 0 heterocycles. The van der Waals surface area contributed by atoms with Gasteiger partial charge in [0.2, 0.25) is 8.32 Å². The Morgan fingerprint density at radius 1 is 0.917 bits per heavy atom. The minimum atomic E-state index is -1.98. The Labute approximate surface area is 230 Å². The number of ether oxygens (including phenoxy) is 3. The van der Waals surface area contributed by atoms with Crippen molar-refractivity contribution in [2.45, 2.75) is 124 Å². The summed E-state index contributed by atoms with van der Waals surface area (Å²) in [4.78, 5) is 0. The molecule has 0 aliphatic carbocycles. The highest BCUT2D eigenvalue weighted by Crippen LogP contribution is 2.43. The first-order valence-electron chi connectivity index (χ1n) is 13.6. The van der Waals surface area contributed by atoms with Crippen LogP contribution in [-0.2, 0) is 18.6 Å². The van der Waals surface area contributed by atoms with Crippen molar-refractivity contribution < 1.29 is 18.6 Å². The van der Waals surface area contributed by atoms with Gasteiger partial charge in [0, 0.05) is 20.1 Å². The average molecular weight is 545 g/mol. The van der Waals surface area contributed by atoms with Gasteiger partial charge in [-0.15, -0.1) is 11.6 Å². The van der Waals surface area contributed by atoms with Gasteiger partial charge in [-0.25, -0.2) is 0 Å². The topological polar surface area (TPSA) is 36.9 Å². The molecule has 0 aliphatic rings. The zero-order valence-electron chi connectivity index (χ0n) is 25.6. The lowest BCUT2D eigenvalue weighted by Gasteiger charge is -2.44. The normalized spacial score (nSPS) is 17.0. The van der Waals surface area contributed by atoms with Gasteiger partial charge in [-0.2, -0.15) is 0 Å². The molecule has 0 saturated carbocycles. The van der Waals surface area contributed by atoms with Gasteiger partial charge in [0.1, 0.15) is 0 Å². The summed E-state index contributed by atoms with van der Waals surface area (Å²) in [5, 5.41) is 0. The van der Waals surface area contributed by atoms with E-state index in [9.17, 15) is 0 Å². The molecule has 0 saturated heterocycles. The third kappa shape index (κ3) is 12.0. The SMILES string of the molecule is CO[C@@H](CC/C(C)=C\C(CCl)O[Si](C(C)C)(C(C)C)C(C)C)[C@@H](C)/C=C/C=C(\C)COC(C)(C)OC. The van der Waals surface area contributed by atoms with E-state index in [1.807, 2.05) is 13.8 Å². The van der Waals surface area contributed by atoms with E-state index in [4.69, 9.17) is 30.2 Å². The molecule has 0 fully saturated rings. The van der Waals surface area contributed by atoms with Crippen LogP contribution in [-0.4, -0.2) is 53.0 Å². The van der Waals surface area contributed by atoms with Gasteiger partial charge in [-0.05, 0) is 62.7 Å². The summed E-state index contributed by atoms with van der Waals surface area (Å²) in [5.41, 5.74) is 4.08. The second-order valence-electron chi connectivity index (χ2n) is 11.6. The smallest absolute Gasteiger partial charge is 0.201 e. The van der Waals surface area contributed by atoms with Crippen LogP contribution in [0, 0.1) is 5.92 Å². The van der Waals surface area contributed by atoms with Crippen molar-refractivity contribution in [3.05, 3.63) is 35.5 Å². The van der Waals surface area contributed by atoms with Crippen molar-refractivity contribution in [2.75, 3.05) is 26.7 Å². The van der Waals surface area contributed by atoms with E-state index in [0.29, 0.717) is 35.0 Å². The molecule has 0 bridgehead atoms. The third-order valence-electron chi connectivity index (χ3n) is 7.33. The summed E-state index contributed by atoms with van der Waals surface area (Å²) < 4.78 is 23.8. The number of allylic oxidation sites excluding steroid dienone is 3. The van der Waals surface area contributed by atoms with Gasteiger partial charge in [-0.1, -0.05) is 78.3 Å². The van der Waals surface area contributed by atoms with Gasteiger partial charge in [-0.3, -0.25) is 0 Å². The summed E-state index contributed by atoms with van der Waals surface area (Å²) in [6.45, 7) is 24.7. The van der Waals surface area contributed by atoms with E-state index in [2.05, 4.69) is 86.6 Å². The monoisotopic (exact) mass is 544 g/mol. The van der Waals surface area contributed by atoms with Crippen LogP contribution in [0.3, 0.4) is 0 Å². The zero-order valence-corrected chi connectivity index (χ0v) is 27.4. The molecule has 0 radical (unpaired) electrons. The number of hydrogen-bond acceptors (Lipinski definition) is 4. The van der Waals surface area contributed by atoms with Crippen LogP contribution >= 0.6 is 11.6 Å². The Kier molecular flexibility index (Phi) is 17.0. The second kappa shape index (κ2) is 17.2. The summed E-state index contributed by atoms with van der Waals surface area (Å²) >= 11 is 6.41. The van der Waals surface area contributed by atoms with Crippen molar-refractivity contribution >= 4 is 19.9 Å². The minimum absolute atomic E-state index is 0.0396.